The van der Waals surface area contributed by atoms with Crippen LogP contribution in [-0.2, 0) is 6.42 Å². The van der Waals surface area contributed by atoms with Crippen LogP contribution in [0.25, 0.3) is 17.1 Å². The average Bonchev–Trinajstić information content (AvgIpc) is 3.24. The molecular weight excluding hydrogens is 284 g/mol. The molecule has 7 heteroatoms. The van der Waals surface area contributed by atoms with E-state index in [9.17, 15) is 10.1 Å². The molecule has 0 aliphatic carbocycles. The Hall–Kier alpha value is -3.09. The van der Waals surface area contributed by atoms with Crippen LogP contribution in [0.4, 0.5) is 11.5 Å². The fourth-order valence-electron chi connectivity index (χ4n) is 2.76. The van der Waals surface area contributed by atoms with Crippen molar-refractivity contribution in [2.24, 2.45) is 0 Å². The fraction of sp³-hybridized carbons (Fsp3) is 0.133. The fourth-order valence-corrected chi connectivity index (χ4v) is 2.76. The summed E-state index contributed by atoms with van der Waals surface area (Å²) < 4.78 is 7.03. The summed E-state index contributed by atoms with van der Waals surface area (Å²) in [6.45, 7) is 0.779. The van der Waals surface area contributed by atoms with Gasteiger partial charge in [-0.05, 0) is 24.6 Å². The van der Waals surface area contributed by atoms with Gasteiger partial charge in [-0.15, -0.1) is 0 Å². The van der Waals surface area contributed by atoms with Gasteiger partial charge < -0.3 is 9.73 Å². The molecule has 0 fully saturated rings. The third-order valence-corrected chi connectivity index (χ3v) is 3.71. The number of fused-ring (bicyclic) bond motifs is 1. The van der Waals surface area contributed by atoms with Crippen molar-refractivity contribution in [2.75, 3.05) is 11.9 Å². The molecule has 0 unspecified atom stereocenters. The van der Waals surface area contributed by atoms with Gasteiger partial charge in [0.05, 0.1) is 11.2 Å². The molecule has 0 bridgehead atoms. The van der Waals surface area contributed by atoms with E-state index in [-0.39, 0.29) is 5.69 Å². The summed E-state index contributed by atoms with van der Waals surface area (Å²) in [5.74, 6) is 1.46. The Morgan fingerprint density at radius 2 is 2.14 bits per heavy atom. The summed E-state index contributed by atoms with van der Waals surface area (Å²) >= 11 is 0. The Bertz CT molecular complexity index is 852. The minimum Gasteiger partial charge on any atom is -0.463 e. The number of nitro groups is 1. The van der Waals surface area contributed by atoms with Crippen molar-refractivity contribution < 1.29 is 9.34 Å². The first-order valence-electron chi connectivity index (χ1n) is 6.89. The maximum absolute atomic E-state index is 11.3. The lowest BCUT2D eigenvalue weighted by atomic mass is 10.1. The third-order valence-electron chi connectivity index (χ3n) is 3.71. The van der Waals surface area contributed by atoms with Crippen LogP contribution >= 0.6 is 0 Å². The first-order chi connectivity index (χ1) is 10.8. The number of furan rings is 1. The largest absolute Gasteiger partial charge is 0.463 e. The molecule has 22 heavy (non-hydrogen) atoms. The lowest BCUT2D eigenvalue weighted by Gasteiger charge is -2.06. The van der Waals surface area contributed by atoms with Crippen molar-refractivity contribution in [2.45, 2.75) is 6.42 Å². The monoisotopic (exact) mass is 296 g/mol. The number of benzene rings is 1. The van der Waals surface area contributed by atoms with Gasteiger partial charge in [-0.1, -0.05) is 12.1 Å². The van der Waals surface area contributed by atoms with Crippen LogP contribution in [0.15, 0.2) is 47.1 Å². The number of para-hydroxylation sites is 2. The Labute approximate surface area is 125 Å². The predicted octanol–water partition coefficient (Wildman–Crippen LogP) is 3.01. The molecule has 1 N–H and O–H groups in total. The molecule has 0 amide bonds. The van der Waals surface area contributed by atoms with E-state index in [0.717, 1.165) is 30.0 Å². The zero-order valence-corrected chi connectivity index (χ0v) is 11.5. The maximum atomic E-state index is 11.3. The molecular formula is C15H12N4O3. The Morgan fingerprint density at radius 1 is 1.27 bits per heavy atom. The quantitative estimate of drug-likeness (QED) is 0.593. The Morgan fingerprint density at radius 3 is 2.91 bits per heavy atom. The van der Waals surface area contributed by atoms with Crippen LogP contribution in [0.2, 0.25) is 0 Å². The third kappa shape index (κ3) is 1.79. The van der Waals surface area contributed by atoms with E-state index in [1.807, 2.05) is 6.07 Å². The number of hydrogen-bond donors (Lipinski definition) is 1. The molecule has 4 rings (SSSR count). The van der Waals surface area contributed by atoms with Crippen molar-refractivity contribution in [3.8, 4) is 17.1 Å². The highest BCUT2D eigenvalue weighted by atomic mass is 16.6. The van der Waals surface area contributed by atoms with Crippen LogP contribution in [-0.4, -0.2) is 21.2 Å². The van der Waals surface area contributed by atoms with Crippen molar-refractivity contribution in [1.29, 1.82) is 0 Å². The molecule has 2 aromatic heterocycles. The van der Waals surface area contributed by atoms with Gasteiger partial charge in [0, 0.05) is 18.2 Å². The Kier molecular flexibility index (Phi) is 2.72. The van der Waals surface area contributed by atoms with Gasteiger partial charge in [0.2, 0.25) is 0 Å². The van der Waals surface area contributed by atoms with E-state index in [0.29, 0.717) is 11.4 Å². The van der Waals surface area contributed by atoms with E-state index in [4.69, 9.17) is 4.42 Å². The highest BCUT2D eigenvalue weighted by molar-refractivity contribution is 5.71. The van der Waals surface area contributed by atoms with E-state index in [1.165, 1.54) is 6.07 Å². The smallest absolute Gasteiger partial charge is 0.294 e. The molecule has 3 aromatic rings. The SMILES string of the molecule is O=[N+]([O-])c1ccccc1-n1nc(-c2ccco2)c2c1NCC2. The summed E-state index contributed by atoms with van der Waals surface area (Å²) in [6.07, 6.45) is 2.40. The number of aromatic nitrogens is 2. The maximum Gasteiger partial charge on any atom is 0.294 e. The Balaban J connectivity index is 1.95. The summed E-state index contributed by atoms with van der Waals surface area (Å²) in [5.41, 5.74) is 2.21. The molecule has 1 aliphatic rings. The molecule has 0 atom stereocenters. The van der Waals surface area contributed by atoms with Crippen molar-refractivity contribution in [3.05, 3.63) is 58.3 Å². The zero-order valence-electron chi connectivity index (χ0n) is 11.5. The zero-order chi connectivity index (χ0) is 15.1. The van der Waals surface area contributed by atoms with Gasteiger partial charge in [-0.3, -0.25) is 10.1 Å². The number of nitro benzene ring substituents is 1. The molecule has 0 saturated carbocycles. The van der Waals surface area contributed by atoms with Crippen molar-refractivity contribution in [3.63, 3.8) is 0 Å². The molecule has 0 radical (unpaired) electrons. The molecule has 1 aliphatic heterocycles. The number of hydrogen-bond acceptors (Lipinski definition) is 5. The second-order valence-corrected chi connectivity index (χ2v) is 4.99. The molecule has 3 heterocycles. The highest BCUT2D eigenvalue weighted by Gasteiger charge is 2.27. The normalized spacial score (nSPS) is 12.9. The minimum absolute atomic E-state index is 0.0208. The van der Waals surface area contributed by atoms with E-state index >= 15 is 0 Å². The van der Waals surface area contributed by atoms with Crippen molar-refractivity contribution >= 4 is 11.5 Å². The molecule has 110 valence electrons. The number of nitrogens with one attached hydrogen (secondary N) is 1. The van der Waals surface area contributed by atoms with Crippen LogP contribution in [0.5, 0.6) is 0 Å². The van der Waals surface area contributed by atoms with Gasteiger partial charge in [0.15, 0.2) is 5.76 Å². The van der Waals surface area contributed by atoms with Gasteiger partial charge in [-0.25, -0.2) is 4.68 Å². The number of rotatable bonds is 3. The summed E-state index contributed by atoms with van der Waals surface area (Å²) in [5, 5.41) is 19.1. The van der Waals surface area contributed by atoms with Crippen LogP contribution in [0.1, 0.15) is 5.56 Å². The first kappa shape index (κ1) is 12.6. The summed E-state index contributed by atoms with van der Waals surface area (Å²) in [4.78, 5) is 10.9. The summed E-state index contributed by atoms with van der Waals surface area (Å²) in [7, 11) is 0. The van der Waals surface area contributed by atoms with E-state index in [1.54, 1.807) is 35.2 Å². The lowest BCUT2D eigenvalue weighted by molar-refractivity contribution is -0.384. The number of nitrogens with zero attached hydrogens (tertiary/aromatic N) is 3. The molecule has 0 spiro atoms. The molecule has 0 saturated heterocycles. The average molecular weight is 296 g/mol. The van der Waals surface area contributed by atoms with Crippen LogP contribution < -0.4 is 5.32 Å². The van der Waals surface area contributed by atoms with Gasteiger partial charge >= 0.3 is 0 Å². The second-order valence-electron chi connectivity index (χ2n) is 4.99. The molecule has 1 aromatic carbocycles. The van der Waals surface area contributed by atoms with Crippen LogP contribution in [0.3, 0.4) is 0 Å². The van der Waals surface area contributed by atoms with Gasteiger partial charge in [0.1, 0.15) is 17.2 Å². The minimum atomic E-state index is -0.398. The van der Waals surface area contributed by atoms with Gasteiger partial charge in [-0.2, -0.15) is 5.10 Å². The van der Waals surface area contributed by atoms with Gasteiger partial charge in [0.25, 0.3) is 5.69 Å². The molecule has 7 nitrogen and oxygen atoms in total. The van der Waals surface area contributed by atoms with Crippen molar-refractivity contribution in [1.82, 2.24) is 9.78 Å². The van der Waals surface area contributed by atoms with Crippen LogP contribution in [0, 0.1) is 10.1 Å². The predicted molar refractivity (Wildman–Crippen MR) is 80.1 cm³/mol. The second kappa shape index (κ2) is 4.73. The summed E-state index contributed by atoms with van der Waals surface area (Å²) in [6, 6.07) is 10.2. The topological polar surface area (TPSA) is 86.1 Å². The lowest BCUT2D eigenvalue weighted by Crippen LogP contribution is -2.06. The number of anilines is 1. The standard InChI is InChI=1S/C15H12N4O3/c20-19(21)12-5-2-1-4-11(12)18-15-10(7-8-16-15)14(17-18)13-6-3-9-22-13/h1-6,9,16H,7-8H2. The van der Waals surface area contributed by atoms with E-state index in [2.05, 4.69) is 10.4 Å². The van der Waals surface area contributed by atoms with E-state index < -0.39 is 4.92 Å². The first-order valence-corrected chi connectivity index (χ1v) is 6.89. The highest BCUT2D eigenvalue weighted by Crippen LogP contribution is 2.36.